The Morgan fingerprint density at radius 2 is 1.78 bits per heavy atom. The Kier molecular flexibility index (Phi) is 3.26. The second-order valence-corrected chi connectivity index (χ2v) is 4.57. The van der Waals surface area contributed by atoms with Crippen LogP contribution < -0.4 is 0 Å². The molecule has 0 bridgehead atoms. The molecular weight excluding hydrogens is 254 g/mol. The summed E-state index contributed by atoms with van der Waals surface area (Å²) < 4.78 is 27.9. The molecule has 0 aliphatic carbocycles. The molecule has 1 N–H and O–H groups in total. The highest BCUT2D eigenvalue weighted by Gasteiger charge is 2.15. The van der Waals surface area contributed by atoms with E-state index < -0.39 is 11.6 Å². The van der Waals surface area contributed by atoms with Crippen molar-refractivity contribution in [1.29, 1.82) is 0 Å². The number of aromatic nitrogens is 2. The lowest BCUT2D eigenvalue weighted by Gasteiger charge is -2.10. The van der Waals surface area contributed by atoms with Crippen LogP contribution in [-0.2, 0) is 0 Å². The molecule has 2 rings (SSSR count). The van der Waals surface area contributed by atoms with Gasteiger partial charge in [-0.25, -0.2) is 13.8 Å². The molecular formula is C13H12F2N2S. The maximum absolute atomic E-state index is 13.9. The molecule has 0 fully saturated rings. The van der Waals surface area contributed by atoms with Crippen LogP contribution in [0.3, 0.4) is 0 Å². The van der Waals surface area contributed by atoms with Gasteiger partial charge in [0, 0.05) is 11.1 Å². The van der Waals surface area contributed by atoms with Crippen molar-refractivity contribution in [3.8, 4) is 11.3 Å². The summed E-state index contributed by atoms with van der Waals surface area (Å²) in [6, 6.07) is 3.08. The number of nitrogens with zero attached hydrogens (tertiary/aromatic N) is 1. The van der Waals surface area contributed by atoms with Crippen molar-refractivity contribution in [2.24, 2.45) is 0 Å². The third-order valence-corrected chi connectivity index (χ3v) is 3.21. The van der Waals surface area contributed by atoms with E-state index in [0.29, 0.717) is 21.7 Å². The number of benzene rings is 1. The third-order valence-electron chi connectivity index (χ3n) is 2.82. The largest absolute Gasteiger partial charge is 0.343 e. The van der Waals surface area contributed by atoms with Gasteiger partial charge in [-0.05, 0) is 32.4 Å². The second-order valence-electron chi connectivity index (χ2n) is 4.19. The van der Waals surface area contributed by atoms with E-state index in [9.17, 15) is 8.78 Å². The fraction of sp³-hybridized carbons (Fsp3) is 0.231. The summed E-state index contributed by atoms with van der Waals surface area (Å²) in [4.78, 5) is 7.01. The zero-order valence-electron chi connectivity index (χ0n) is 10.3. The molecule has 2 nitrogen and oxygen atoms in total. The topological polar surface area (TPSA) is 28.7 Å². The van der Waals surface area contributed by atoms with Crippen LogP contribution >= 0.6 is 12.2 Å². The van der Waals surface area contributed by atoms with Crippen molar-refractivity contribution in [3.05, 3.63) is 45.4 Å². The van der Waals surface area contributed by atoms with E-state index in [-0.39, 0.29) is 11.1 Å². The molecule has 0 saturated heterocycles. The number of H-pyrrole nitrogens is 1. The minimum Gasteiger partial charge on any atom is -0.343 e. The average molecular weight is 266 g/mol. The number of nitrogens with one attached hydrogen (secondary N) is 1. The van der Waals surface area contributed by atoms with E-state index in [1.165, 1.54) is 6.92 Å². The lowest BCUT2D eigenvalue weighted by atomic mass is 10.0. The summed E-state index contributed by atoms with van der Waals surface area (Å²) in [6.45, 7) is 4.98. The first-order valence-corrected chi connectivity index (χ1v) is 5.85. The Morgan fingerprint density at radius 1 is 1.11 bits per heavy atom. The second kappa shape index (κ2) is 4.57. The van der Waals surface area contributed by atoms with Crippen LogP contribution in [0.2, 0.25) is 0 Å². The van der Waals surface area contributed by atoms with Crippen molar-refractivity contribution in [2.45, 2.75) is 20.8 Å². The Hall–Kier alpha value is -1.62. The van der Waals surface area contributed by atoms with Crippen molar-refractivity contribution < 1.29 is 8.78 Å². The standard InChI is InChI=1S/C13H12F2N2S/c1-6-4-5-9(11(15)10(6)14)12-7(2)13(18)17-8(3)16-12/h4-5H,1-3H3,(H,16,17,18). The van der Waals surface area contributed by atoms with Gasteiger partial charge < -0.3 is 4.98 Å². The first-order chi connectivity index (χ1) is 8.41. The number of aryl methyl sites for hydroxylation is 2. The molecule has 1 aromatic carbocycles. The minimum absolute atomic E-state index is 0.173. The number of hydrogen-bond donors (Lipinski definition) is 1. The Morgan fingerprint density at radius 3 is 2.44 bits per heavy atom. The molecule has 0 saturated carbocycles. The van der Waals surface area contributed by atoms with Crippen LogP contribution in [0, 0.1) is 37.0 Å². The first kappa shape index (κ1) is 12.8. The van der Waals surface area contributed by atoms with Crippen molar-refractivity contribution in [2.75, 3.05) is 0 Å². The van der Waals surface area contributed by atoms with E-state index in [2.05, 4.69) is 9.97 Å². The molecule has 0 aliphatic rings. The predicted molar refractivity (Wildman–Crippen MR) is 69.0 cm³/mol. The van der Waals surface area contributed by atoms with Crippen molar-refractivity contribution in [3.63, 3.8) is 0 Å². The molecule has 1 heterocycles. The zero-order chi connectivity index (χ0) is 13.4. The van der Waals surface area contributed by atoms with E-state index in [0.717, 1.165) is 0 Å². The molecule has 0 atom stereocenters. The average Bonchev–Trinajstić information content (AvgIpc) is 2.31. The highest BCUT2D eigenvalue weighted by atomic mass is 32.1. The molecule has 0 amide bonds. The molecule has 1 aromatic heterocycles. The lowest BCUT2D eigenvalue weighted by Crippen LogP contribution is -2.00. The molecule has 0 unspecified atom stereocenters. The lowest BCUT2D eigenvalue weighted by molar-refractivity contribution is 0.505. The van der Waals surface area contributed by atoms with Crippen molar-refractivity contribution >= 4 is 12.2 Å². The normalized spacial score (nSPS) is 10.7. The fourth-order valence-corrected chi connectivity index (χ4v) is 1.99. The summed E-state index contributed by atoms with van der Waals surface area (Å²) in [5.74, 6) is -1.13. The van der Waals surface area contributed by atoms with Gasteiger partial charge in [0.25, 0.3) is 0 Å². The van der Waals surface area contributed by atoms with Gasteiger partial charge in [-0.15, -0.1) is 0 Å². The van der Waals surface area contributed by atoms with E-state index >= 15 is 0 Å². The van der Waals surface area contributed by atoms with Crippen molar-refractivity contribution in [1.82, 2.24) is 9.97 Å². The highest BCUT2D eigenvalue weighted by molar-refractivity contribution is 7.71. The Balaban J connectivity index is 2.78. The van der Waals surface area contributed by atoms with E-state index in [1.807, 2.05) is 0 Å². The minimum atomic E-state index is -0.866. The van der Waals surface area contributed by atoms with Gasteiger partial charge in [-0.2, -0.15) is 0 Å². The molecule has 0 aliphatic heterocycles. The zero-order valence-corrected chi connectivity index (χ0v) is 11.1. The van der Waals surface area contributed by atoms with Crippen LogP contribution in [0.5, 0.6) is 0 Å². The first-order valence-electron chi connectivity index (χ1n) is 5.44. The van der Waals surface area contributed by atoms with Gasteiger partial charge in [0.2, 0.25) is 0 Å². The number of halogens is 2. The molecule has 0 spiro atoms. The Bertz CT molecular complexity index is 677. The predicted octanol–water partition coefficient (Wildman–Crippen LogP) is 4.01. The van der Waals surface area contributed by atoms with Crippen LogP contribution in [0.4, 0.5) is 8.78 Å². The highest BCUT2D eigenvalue weighted by Crippen LogP contribution is 2.27. The van der Waals surface area contributed by atoms with Gasteiger partial charge in [-0.3, -0.25) is 0 Å². The van der Waals surface area contributed by atoms with Crippen LogP contribution in [-0.4, -0.2) is 9.97 Å². The fourth-order valence-electron chi connectivity index (χ4n) is 1.75. The molecule has 0 radical (unpaired) electrons. The number of hydrogen-bond acceptors (Lipinski definition) is 2. The molecule has 5 heteroatoms. The maximum Gasteiger partial charge on any atom is 0.168 e. The summed E-state index contributed by atoms with van der Waals surface area (Å²) in [6.07, 6.45) is 0. The molecule has 2 aromatic rings. The monoisotopic (exact) mass is 266 g/mol. The summed E-state index contributed by atoms with van der Waals surface area (Å²) >= 11 is 5.08. The SMILES string of the molecule is Cc1nc(=S)c(C)c(-c2ccc(C)c(F)c2F)[nH]1. The smallest absolute Gasteiger partial charge is 0.168 e. The van der Waals surface area contributed by atoms with Gasteiger partial charge >= 0.3 is 0 Å². The van der Waals surface area contributed by atoms with E-state index in [4.69, 9.17) is 12.2 Å². The summed E-state index contributed by atoms with van der Waals surface area (Å²) in [5.41, 5.74) is 1.56. The summed E-state index contributed by atoms with van der Waals surface area (Å²) in [5, 5.41) is 0. The quantitative estimate of drug-likeness (QED) is 0.790. The van der Waals surface area contributed by atoms with Crippen LogP contribution in [0.15, 0.2) is 12.1 Å². The number of aromatic amines is 1. The molecule has 18 heavy (non-hydrogen) atoms. The van der Waals surface area contributed by atoms with Gasteiger partial charge in [-0.1, -0.05) is 18.3 Å². The van der Waals surface area contributed by atoms with Crippen LogP contribution in [0.25, 0.3) is 11.3 Å². The Labute approximate surface area is 109 Å². The van der Waals surface area contributed by atoms with E-state index in [1.54, 1.807) is 26.0 Å². The molecule has 94 valence electrons. The van der Waals surface area contributed by atoms with Gasteiger partial charge in [0.05, 0.1) is 5.69 Å². The number of rotatable bonds is 1. The van der Waals surface area contributed by atoms with Gasteiger partial charge in [0.1, 0.15) is 10.5 Å². The summed E-state index contributed by atoms with van der Waals surface area (Å²) in [7, 11) is 0. The van der Waals surface area contributed by atoms with Gasteiger partial charge in [0.15, 0.2) is 11.6 Å². The third kappa shape index (κ3) is 2.06. The van der Waals surface area contributed by atoms with Crippen LogP contribution in [0.1, 0.15) is 17.0 Å². The maximum atomic E-state index is 13.9.